The predicted octanol–water partition coefficient (Wildman–Crippen LogP) is 4.00. The second kappa shape index (κ2) is 8.45. The van der Waals surface area contributed by atoms with Crippen molar-refractivity contribution in [3.8, 4) is 0 Å². The first-order chi connectivity index (χ1) is 14.3. The van der Waals surface area contributed by atoms with Crippen molar-refractivity contribution in [3.05, 3.63) is 76.0 Å². The van der Waals surface area contributed by atoms with Gasteiger partial charge in [0.2, 0.25) is 10.0 Å². The Kier molecular flexibility index (Phi) is 5.90. The normalized spacial score (nSPS) is 15.5. The Labute approximate surface area is 180 Å². The highest BCUT2D eigenvalue weighted by molar-refractivity contribution is 7.89. The number of thiazole rings is 1. The lowest BCUT2D eigenvalue weighted by atomic mass is 10.0. The molecular formula is C22H24FN3O2S2. The summed E-state index contributed by atoms with van der Waals surface area (Å²) in [5, 5.41) is 2.99. The van der Waals surface area contributed by atoms with Gasteiger partial charge in [0, 0.05) is 38.0 Å². The van der Waals surface area contributed by atoms with Gasteiger partial charge in [0.05, 0.1) is 10.6 Å². The number of aryl methyl sites for hydroxylation is 1. The molecule has 1 aromatic heterocycles. The SMILES string of the molecule is Cc1cccc(Cc2csc(N3CCN(S(=O)(=O)c4cccc(F)c4)CC3)n2)c1C. The van der Waals surface area contributed by atoms with E-state index in [2.05, 4.69) is 42.3 Å². The molecule has 0 bridgehead atoms. The van der Waals surface area contributed by atoms with Gasteiger partial charge in [-0.3, -0.25) is 0 Å². The van der Waals surface area contributed by atoms with Crippen molar-refractivity contribution in [2.75, 3.05) is 31.1 Å². The van der Waals surface area contributed by atoms with E-state index in [0.717, 1.165) is 23.3 Å². The van der Waals surface area contributed by atoms with E-state index < -0.39 is 15.8 Å². The average molecular weight is 446 g/mol. The number of anilines is 1. The lowest BCUT2D eigenvalue weighted by Crippen LogP contribution is -2.48. The summed E-state index contributed by atoms with van der Waals surface area (Å²) in [6.45, 7) is 6.07. The summed E-state index contributed by atoms with van der Waals surface area (Å²) in [4.78, 5) is 6.90. The summed E-state index contributed by atoms with van der Waals surface area (Å²) in [6, 6.07) is 11.5. The fourth-order valence-electron chi connectivity index (χ4n) is 3.62. The number of nitrogens with zero attached hydrogens (tertiary/aromatic N) is 3. The number of aromatic nitrogens is 1. The predicted molar refractivity (Wildman–Crippen MR) is 118 cm³/mol. The summed E-state index contributed by atoms with van der Waals surface area (Å²) in [7, 11) is -3.68. The van der Waals surface area contributed by atoms with Crippen molar-refractivity contribution in [1.29, 1.82) is 0 Å². The summed E-state index contributed by atoms with van der Waals surface area (Å²) >= 11 is 1.59. The molecule has 2 aromatic carbocycles. The number of hydrogen-bond donors (Lipinski definition) is 0. The Bertz CT molecular complexity index is 1150. The smallest absolute Gasteiger partial charge is 0.243 e. The third kappa shape index (κ3) is 4.26. The van der Waals surface area contributed by atoms with Gasteiger partial charge < -0.3 is 4.90 Å². The lowest BCUT2D eigenvalue weighted by Gasteiger charge is -2.33. The van der Waals surface area contributed by atoms with Gasteiger partial charge >= 0.3 is 0 Å². The summed E-state index contributed by atoms with van der Waals surface area (Å²) in [5.41, 5.74) is 4.87. The Morgan fingerprint density at radius 2 is 1.80 bits per heavy atom. The quantitative estimate of drug-likeness (QED) is 0.596. The van der Waals surface area contributed by atoms with Gasteiger partial charge in [0.25, 0.3) is 0 Å². The number of halogens is 1. The third-order valence-corrected chi connectivity index (χ3v) is 8.42. The second-order valence-electron chi connectivity index (χ2n) is 7.51. The van der Waals surface area contributed by atoms with Gasteiger partial charge in [0.1, 0.15) is 5.82 Å². The number of hydrogen-bond acceptors (Lipinski definition) is 5. The molecule has 0 spiro atoms. The molecule has 1 aliphatic heterocycles. The maximum atomic E-state index is 13.5. The van der Waals surface area contributed by atoms with E-state index in [1.807, 2.05) is 0 Å². The highest BCUT2D eigenvalue weighted by Gasteiger charge is 2.29. The summed E-state index contributed by atoms with van der Waals surface area (Å²) in [6.07, 6.45) is 0.790. The lowest BCUT2D eigenvalue weighted by molar-refractivity contribution is 0.384. The Balaban J connectivity index is 1.42. The Morgan fingerprint density at radius 3 is 2.53 bits per heavy atom. The summed E-state index contributed by atoms with van der Waals surface area (Å²) < 4.78 is 40.4. The minimum atomic E-state index is -3.68. The maximum Gasteiger partial charge on any atom is 0.243 e. The fourth-order valence-corrected chi connectivity index (χ4v) is 5.95. The third-order valence-electron chi connectivity index (χ3n) is 5.57. The molecule has 0 amide bonds. The Morgan fingerprint density at radius 1 is 1.07 bits per heavy atom. The van der Waals surface area contributed by atoms with Gasteiger partial charge in [-0.1, -0.05) is 24.3 Å². The fraction of sp³-hybridized carbons (Fsp3) is 0.318. The van der Waals surface area contributed by atoms with E-state index in [1.165, 1.54) is 39.2 Å². The van der Waals surface area contributed by atoms with Crippen LogP contribution in [0.25, 0.3) is 0 Å². The first-order valence-electron chi connectivity index (χ1n) is 9.85. The molecule has 30 heavy (non-hydrogen) atoms. The van der Waals surface area contributed by atoms with Crippen molar-refractivity contribution in [2.24, 2.45) is 0 Å². The van der Waals surface area contributed by atoms with E-state index in [9.17, 15) is 12.8 Å². The van der Waals surface area contributed by atoms with Crippen LogP contribution in [0.2, 0.25) is 0 Å². The molecular weight excluding hydrogens is 421 g/mol. The van der Waals surface area contributed by atoms with E-state index in [-0.39, 0.29) is 4.90 Å². The van der Waals surface area contributed by atoms with E-state index in [4.69, 9.17) is 4.98 Å². The Hall–Kier alpha value is -2.29. The van der Waals surface area contributed by atoms with Gasteiger partial charge in [-0.15, -0.1) is 11.3 Å². The van der Waals surface area contributed by atoms with E-state index in [0.29, 0.717) is 26.2 Å². The molecule has 158 valence electrons. The number of rotatable bonds is 5. The van der Waals surface area contributed by atoms with Crippen molar-refractivity contribution >= 4 is 26.5 Å². The topological polar surface area (TPSA) is 53.5 Å². The molecule has 0 unspecified atom stereocenters. The molecule has 1 fully saturated rings. The molecule has 1 saturated heterocycles. The molecule has 3 aromatic rings. The van der Waals surface area contributed by atoms with Gasteiger partial charge in [0.15, 0.2) is 5.13 Å². The second-order valence-corrected chi connectivity index (χ2v) is 10.3. The summed E-state index contributed by atoms with van der Waals surface area (Å²) in [5.74, 6) is -0.547. The minimum absolute atomic E-state index is 0.000934. The molecule has 1 aliphatic rings. The molecule has 0 atom stereocenters. The minimum Gasteiger partial charge on any atom is -0.345 e. The molecule has 0 N–H and O–H groups in total. The highest BCUT2D eigenvalue weighted by Crippen LogP contribution is 2.26. The van der Waals surface area contributed by atoms with Crippen LogP contribution in [0.3, 0.4) is 0 Å². The standard InChI is InChI=1S/C22H24FN3O2S2/c1-16-5-3-6-18(17(16)2)13-20-15-29-22(24-20)25-9-11-26(12-10-25)30(27,28)21-8-4-7-19(23)14-21/h3-8,14-15H,9-13H2,1-2H3. The van der Waals surface area contributed by atoms with Crippen LogP contribution in [-0.2, 0) is 16.4 Å². The molecule has 2 heterocycles. The van der Waals surface area contributed by atoms with E-state index in [1.54, 1.807) is 11.3 Å². The van der Waals surface area contributed by atoms with Crippen LogP contribution in [0.4, 0.5) is 9.52 Å². The van der Waals surface area contributed by atoms with E-state index >= 15 is 0 Å². The molecule has 4 rings (SSSR count). The van der Waals surface area contributed by atoms with Crippen LogP contribution in [0, 0.1) is 19.7 Å². The molecule has 0 aliphatic carbocycles. The van der Waals surface area contributed by atoms with Crippen LogP contribution < -0.4 is 4.90 Å². The molecule has 0 saturated carbocycles. The van der Waals surface area contributed by atoms with Crippen molar-refractivity contribution in [2.45, 2.75) is 25.2 Å². The monoisotopic (exact) mass is 445 g/mol. The van der Waals surface area contributed by atoms with Crippen LogP contribution >= 0.6 is 11.3 Å². The van der Waals surface area contributed by atoms with Crippen LogP contribution in [0.5, 0.6) is 0 Å². The molecule has 8 heteroatoms. The first kappa shape index (κ1) is 21.0. The largest absolute Gasteiger partial charge is 0.345 e. The highest BCUT2D eigenvalue weighted by atomic mass is 32.2. The van der Waals surface area contributed by atoms with Gasteiger partial charge in [-0.2, -0.15) is 4.31 Å². The van der Waals surface area contributed by atoms with Crippen LogP contribution in [0.1, 0.15) is 22.4 Å². The van der Waals surface area contributed by atoms with Crippen molar-refractivity contribution in [3.63, 3.8) is 0 Å². The van der Waals surface area contributed by atoms with Gasteiger partial charge in [-0.05, 0) is 48.7 Å². The number of benzene rings is 2. The maximum absolute atomic E-state index is 13.5. The van der Waals surface area contributed by atoms with Crippen LogP contribution in [-0.4, -0.2) is 43.9 Å². The number of sulfonamides is 1. The average Bonchev–Trinajstić information content (AvgIpc) is 3.20. The zero-order valence-corrected chi connectivity index (χ0v) is 18.6. The first-order valence-corrected chi connectivity index (χ1v) is 12.2. The number of piperazine rings is 1. The van der Waals surface area contributed by atoms with Gasteiger partial charge in [-0.25, -0.2) is 17.8 Å². The molecule has 5 nitrogen and oxygen atoms in total. The zero-order chi connectivity index (χ0) is 21.3. The van der Waals surface area contributed by atoms with Crippen LogP contribution in [0.15, 0.2) is 52.7 Å². The zero-order valence-electron chi connectivity index (χ0n) is 17.0. The van der Waals surface area contributed by atoms with Crippen molar-refractivity contribution < 1.29 is 12.8 Å². The van der Waals surface area contributed by atoms with Crippen molar-refractivity contribution in [1.82, 2.24) is 9.29 Å². The molecule has 0 radical (unpaired) electrons.